The van der Waals surface area contributed by atoms with E-state index in [1.165, 1.54) is 23.2 Å². The number of rotatable bonds is 6. The summed E-state index contributed by atoms with van der Waals surface area (Å²) in [7, 11) is -3.64. The van der Waals surface area contributed by atoms with Gasteiger partial charge in [0.25, 0.3) is 0 Å². The molecule has 2 aromatic rings. The van der Waals surface area contributed by atoms with Gasteiger partial charge in [-0.15, -0.1) is 0 Å². The van der Waals surface area contributed by atoms with E-state index in [0.717, 1.165) is 6.42 Å². The number of hydrogen-bond donors (Lipinski definition) is 2. The maximum Gasteiger partial charge on any atom is 0.313 e. The van der Waals surface area contributed by atoms with E-state index < -0.39 is 21.8 Å². The zero-order valence-electron chi connectivity index (χ0n) is 16.5. The fourth-order valence-electron chi connectivity index (χ4n) is 3.56. The predicted molar refractivity (Wildman–Crippen MR) is 109 cm³/mol. The first-order valence-corrected chi connectivity index (χ1v) is 11.3. The lowest BCUT2D eigenvalue weighted by Crippen LogP contribution is -2.39. The van der Waals surface area contributed by atoms with Gasteiger partial charge >= 0.3 is 11.8 Å². The standard InChI is InChI=1S/C19H24FN5O4S/c1-2-3-17-16(10-22-25(17)15-6-4-14(20)5-7-15)23-18(26)19(27)24-9-8-13(11-24)12-30(21,28)29/h4-7,10,13H,2-3,8-9,11-12H2,1H3,(H,23,26)(H2,21,28,29). The highest BCUT2D eigenvalue weighted by Gasteiger charge is 2.32. The molecule has 30 heavy (non-hydrogen) atoms. The van der Waals surface area contributed by atoms with E-state index >= 15 is 0 Å². The summed E-state index contributed by atoms with van der Waals surface area (Å²) < 4.78 is 37.3. The van der Waals surface area contributed by atoms with Gasteiger partial charge in [-0.25, -0.2) is 22.6 Å². The number of primary sulfonamides is 1. The molecular weight excluding hydrogens is 413 g/mol. The zero-order chi connectivity index (χ0) is 21.9. The third-order valence-corrected chi connectivity index (χ3v) is 5.85. The molecular formula is C19H24FN5O4S. The molecule has 2 heterocycles. The van der Waals surface area contributed by atoms with Gasteiger partial charge in [0.2, 0.25) is 10.0 Å². The molecule has 1 unspecified atom stereocenters. The minimum absolute atomic E-state index is 0.166. The number of sulfonamides is 1. The Labute approximate surface area is 174 Å². The largest absolute Gasteiger partial charge is 0.334 e. The lowest BCUT2D eigenvalue weighted by Gasteiger charge is -2.16. The molecule has 11 heteroatoms. The van der Waals surface area contributed by atoms with E-state index in [9.17, 15) is 22.4 Å². The molecule has 1 atom stereocenters. The van der Waals surface area contributed by atoms with Gasteiger partial charge in [0, 0.05) is 13.1 Å². The second kappa shape index (κ2) is 8.92. The topological polar surface area (TPSA) is 127 Å². The molecule has 0 saturated carbocycles. The number of benzene rings is 1. The van der Waals surface area contributed by atoms with Crippen LogP contribution in [0.2, 0.25) is 0 Å². The van der Waals surface area contributed by atoms with Crippen molar-refractivity contribution in [2.45, 2.75) is 26.2 Å². The van der Waals surface area contributed by atoms with Crippen LogP contribution >= 0.6 is 0 Å². The van der Waals surface area contributed by atoms with Crippen LogP contribution in [-0.2, 0) is 26.0 Å². The number of anilines is 1. The van der Waals surface area contributed by atoms with Gasteiger partial charge in [-0.1, -0.05) is 13.3 Å². The van der Waals surface area contributed by atoms with Crippen molar-refractivity contribution < 1.29 is 22.4 Å². The molecule has 1 fully saturated rings. The highest BCUT2D eigenvalue weighted by molar-refractivity contribution is 7.89. The lowest BCUT2D eigenvalue weighted by atomic mass is 10.2. The molecule has 162 valence electrons. The normalized spacial score (nSPS) is 16.6. The molecule has 0 bridgehead atoms. The van der Waals surface area contributed by atoms with Gasteiger partial charge in [0.15, 0.2) is 0 Å². The summed E-state index contributed by atoms with van der Waals surface area (Å²) in [6.07, 6.45) is 3.28. The van der Waals surface area contributed by atoms with E-state index in [2.05, 4.69) is 10.4 Å². The Hall–Kier alpha value is -2.79. The van der Waals surface area contributed by atoms with Crippen molar-refractivity contribution in [2.24, 2.45) is 11.1 Å². The second-order valence-electron chi connectivity index (χ2n) is 7.33. The van der Waals surface area contributed by atoms with Gasteiger partial charge < -0.3 is 10.2 Å². The van der Waals surface area contributed by atoms with E-state index in [4.69, 9.17) is 5.14 Å². The van der Waals surface area contributed by atoms with Crippen LogP contribution in [-0.4, -0.2) is 53.8 Å². The van der Waals surface area contributed by atoms with Crippen molar-refractivity contribution in [1.29, 1.82) is 0 Å². The molecule has 1 aromatic carbocycles. The monoisotopic (exact) mass is 437 g/mol. The summed E-state index contributed by atoms with van der Waals surface area (Å²) in [6.45, 7) is 2.43. The molecule has 0 radical (unpaired) electrons. The summed E-state index contributed by atoms with van der Waals surface area (Å²) in [4.78, 5) is 26.3. The first kappa shape index (κ1) is 21.9. The Bertz CT molecular complexity index is 1040. The smallest absolute Gasteiger partial charge is 0.313 e. The Morgan fingerprint density at radius 2 is 2.00 bits per heavy atom. The van der Waals surface area contributed by atoms with Gasteiger partial charge in [-0.3, -0.25) is 9.59 Å². The Kier molecular flexibility index (Phi) is 6.52. The fraction of sp³-hybridized carbons (Fsp3) is 0.421. The van der Waals surface area contributed by atoms with Crippen molar-refractivity contribution in [3.63, 3.8) is 0 Å². The molecule has 2 amide bonds. The SMILES string of the molecule is CCCc1c(NC(=O)C(=O)N2CCC(CS(N)(=O)=O)C2)cnn1-c1ccc(F)cc1. The van der Waals surface area contributed by atoms with E-state index in [0.29, 0.717) is 36.5 Å². The number of carbonyl (C=O) groups excluding carboxylic acids is 2. The van der Waals surface area contributed by atoms with Crippen LogP contribution in [0.4, 0.5) is 10.1 Å². The van der Waals surface area contributed by atoms with Crippen molar-refractivity contribution in [1.82, 2.24) is 14.7 Å². The third-order valence-electron chi connectivity index (χ3n) is 4.91. The van der Waals surface area contributed by atoms with E-state index in [1.54, 1.807) is 16.8 Å². The number of likely N-dealkylation sites (tertiary alicyclic amines) is 1. The Morgan fingerprint density at radius 1 is 1.30 bits per heavy atom. The molecule has 3 rings (SSSR count). The van der Waals surface area contributed by atoms with Crippen LogP contribution in [0, 0.1) is 11.7 Å². The first-order valence-electron chi connectivity index (χ1n) is 9.61. The molecule has 9 nitrogen and oxygen atoms in total. The van der Waals surface area contributed by atoms with Crippen LogP contribution < -0.4 is 10.5 Å². The second-order valence-corrected chi connectivity index (χ2v) is 8.99. The van der Waals surface area contributed by atoms with Crippen LogP contribution in [0.3, 0.4) is 0 Å². The number of aromatic nitrogens is 2. The summed E-state index contributed by atoms with van der Waals surface area (Å²) in [5, 5.41) is 11.9. The van der Waals surface area contributed by atoms with Crippen molar-refractivity contribution in [2.75, 3.05) is 24.2 Å². The number of nitrogens with zero attached hydrogens (tertiary/aromatic N) is 3. The van der Waals surface area contributed by atoms with Crippen molar-refractivity contribution in [3.8, 4) is 5.69 Å². The van der Waals surface area contributed by atoms with Gasteiger partial charge in [-0.05, 0) is 43.0 Å². The highest BCUT2D eigenvalue weighted by Crippen LogP contribution is 2.22. The number of halogens is 1. The third kappa shape index (κ3) is 5.22. The zero-order valence-corrected chi connectivity index (χ0v) is 17.4. The quantitative estimate of drug-likeness (QED) is 0.653. The van der Waals surface area contributed by atoms with Crippen LogP contribution in [0.1, 0.15) is 25.5 Å². The van der Waals surface area contributed by atoms with Gasteiger partial charge in [-0.2, -0.15) is 5.10 Å². The van der Waals surface area contributed by atoms with E-state index in [-0.39, 0.29) is 24.0 Å². The molecule has 0 aliphatic carbocycles. The number of amides is 2. The lowest BCUT2D eigenvalue weighted by molar-refractivity contribution is -0.142. The number of nitrogens with two attached hydrogens (primary N) is 1. The van der Waals surface area contributed by atoms with Gasteiger partial charge in [0.05, 0.1) is 29.0 Å². The molecule has 1 saturated heterocycles. The molecule has 0 spiro atoms. The van der Waals surface area contributed by atoms with Crippen LogP contribution in [0.15, 0.2) is 30.5 Å². The predicted octanol–water partition coefficient (Wildman–Crippen LogP) is 1.04. The minimum atomic E-state index is -3.64. The number of nitrogens with one attached hydrogen (secondary N) is 1. The number of carbonyl (C=O) groups is 2. The first-order chi connectivity index (χ1) is 14.2. The molecule has 1 aliphatic heterocycles. The average molecular weight is 437 g/mol. The van der Waals surface area contributed by atoms with Gasteiger partial charge in [0.1, 0.15) is 5.82 Å². The highest BCUT2D eigenvalue weighted by atomic mass is 32.2. The summed E-state index contributed by atoms with van der Waals surface area (Å²) in [5.41, 5.74) is 1.73. The van der Waals surface area contributed by atoms with Crippen molar-refractivity contribution in [3.05, 3.63) is 42.0 Å². The Morgan fingerprint density at radius 3 is 2.63 bits per heavy atom. The summed E-state index contributed by atoms with van der Waals surface area (Å²) >= 11 is 0. The van der Waals surface area contributed by atoms with Crippen LogP contribution in [0.25, 0.3) is 5.69 Å². The molecule has 1 aliphatic rings. The average Bonchev–Trinajstić information content (AvgIpc) is 3.28. The summed E-state index contributed by atoms with van der Waals surface area (Å²) in [6, 6.07) is 5.79. The minimum Gasteiger partial charge on any atom is -0.334 e. The number of hydrogen-bond acceptors (Lipinski definition) is 5. The maximum absolute atomic E-state index is 13.2. The molecule has 1 aromatic heterocycles. The van der Waals surface area contributed by atoms with Crippen LogP contribution in [0.5, 0.6) is 0 Å². The maximum atomic E-state index is 13.2. The molecule has 3 N–H and O–H groups in total. The Balaban J connectivity index is 1.72. The fourth-order valence-corrected chi connectivity index (χ4v) is 4.49. The van der Waals surface area contributed by atoms with Crippen molar-refractivity contribution >= 4 is 27.5 Å². The summed E-state index contributed by atoms with van der Waals surface area (Å²) in [5.74, 6) is -2.42. The van der Waals surface area contributed by atoms with E-state index in [1.807, 2.05) is 6.92 Å².